The van der Waals surface area contributed by atoms with Crippen LogP contribution in [0.15, 0.2) is 42.5 Å². The Morgan fingerprint density at radius 2 is 2.04 bits per heavy atom. The fraction of sp³-hybridized carbons (Fsp3) is 0.200. The number of para-hydroxylation sites is 1. The average molecular weight is 385 g/mol. The van der Waals surface area contributed by atoms with Crippen molar-refractivity contribution in [3.63, 3.8) is 0 Å². The summed E-state index contributed by atoms with van der Waals surface area (Å²) >= 11 is 5.97. The monoisotopic (exact) mass is 384 g/mol. The number of nitrogens with zero attached hydrogens (tertiary/aromatic N) is 2. The molecule has 27 heavy (non-hydrogen) atoms. The molecule has 1 heterocycles. The Morgan fingerprint density at radius 1 is 1.30 bits per heavy atom. The van der Waals surface area contributed by atoms with Crippen LogP contribution in [0.4, 0.5) is 11.5 Å². The molecule has 0 atom stereocenters. The summed E-state index contributed by atoms with van der Waals surface area (Å²) in [4.78, 5) is 12.9. The molecule has 0 saturated heterocycles. The maximum atomic E-state index is 12.9. The van der Waals surface area contributed by atoms with Crippen molar-refractivity contribution in [3.05, 3.63) is 64.3 Å². The van der Waals surface area contributed by atoms with E-state index >= 15 is 0 Å². The van der Waals surface area contributed by atoms with Crippen LogP contribution >= 0.6 is 11.6 Å². The molecule has 1 aromatic heterocycles. The Hall–Kier alpha value is -2.99. The van der Waals surface area contributed by atoms with Gasteiger partial charge >= 0.3 is 0 Å². The maximum Gasteiger partial charge on any atom is 0.261 e. The van der Waals surface area contributed by atoms with Gasteiger partial charge in [-0.05, 0) is 37.1 Å². The number of hydrogen-bond acceptors (Lipinski definition) is 4. The zero-order valence-electron chi connectivity index (χ0n) is 15.4. The Bertz CT molecular complexity index is 998. The molecule has 0 aliphatic heterocycles. The molecule has 0 bridgehead atoms. The van der Waals surface area contributed by atoms with E-state index in [2.05, 4.69) is 17.3 Å². The van der Waals surface area contributed by atoms with Gasteiger partial charge in [0.05, 0.1) is 24.2 Å². The smallest absolute Gasteiger partial charge is 0.261 e. The number of aryl methyl sites for hydroxylation is 2. The first-order valence-electron chi connectivity index (χ1n) is 8.54. The van der Waals surface area contributed by atoms with Gasteiger partial charge in [-0.3, -0.25) is 4.79 Å². The van der Waals surface area contributed by atoms with Crippen LogP contribution in [0, 0.1) is 6.92 Å². The Morgan fingerprint density at radius 3 is 2.74 bits per heavy atom. The summed E-state index contributed by atoms with van der Waals surface area (Å²) in [7, 11) is 1.51. The van der Waals surface area contributed by atoms with Crippen molar-refractivity contribution >= 4 is 29.0 Å². The Labute approximate surface area is 162 Å². The van der Waals surface area contributed by atoms with Crippen LogP contribution in [0.25, 0.3) is 5.69 Å². The lowest BCUT2D eigenvalue weighted by atomic mass is 10.1. The molecule has 3 aromatic rings. The van der Waals surface area contributed by atoms with Gasteiger partial charge in [-0.2, -0.15) is 5.10 Å². The molecule has 3 N–H and O–H groups in total. The van der Waals surface area contributed by atoms with Gasteiger partial charge in [0, 0.05) is 11.1 Å². The summed E-state index contributed by atoms with van der Waals surface area (Å²) in [5, 5.41) is 7.83. The second kappa shape index (κ2) is 7.72. The number of carbonyl (C=O) groups excluding carboxylic acids is 1. The minimum absolute atomic E-state index is 0.291. The highest BCUT2D eigenvalue weighted by atomic mass is 35.5. The number of nitrogens with two attached hydrogens (primary N) is 1. The molecule has 0 spiro atoms. The summed E-state index contributed by atoms with van der Waals surface area (Å²) in [6.45, 7) is 3.82. The van der Waals surface area contributed by atoms with Gasteiger partial charge in [0.15, 0.2) is 0 Å². The van der Waals surface area contributed by atoms with E-state index < -0.39 is 0 Å². The summed E-state index contributed by atoms with van der Waals surface area (Å²) in [6, 6.07) is 12.8. The van der Waals surface area contributed by atoms with Gasteiger partial charge in [-0.25, -0.2) is 4.68 Å². The fourth-order valence-corrected chi connectivity index (χ4v) is 3.14. The molecule has 0 aliphatic rings. The molecule has 0 radical (unpaired) electrons. The van der Waals surface area contributed by atoms with Gasteiger partial charge in [0.1, 0.15) is 17.1 Å². The molecule has 0 aliphatic carbocycles. The van der Waals surface area contributed by atoms with E-state index in [1.165, 1.54) is 7.11 Å². The van der Waals surface area contributed by atoms with Gasteiger partial charge in [0.25, 0.3) is 5.91 Å². The number of methoxy groups -OCH3 is 1. The molecule has 140 valence electrons. The van der Waals surface area contributed by atoms with Crippen LogP contribution in [0.1, 0.15) is 28.5 Å². The zero-order chi connectivity index (χ0) is 19.6. The van der Waals surface area contributed by atoms with Gasteiger partial charge in [0.2, 0.25) is 0 Å². The van der Waals surface area contributed by atoms with Crippen LogP contribution in [0.5, 0.6) is 5.75 Å². The molecule has 6 nitrogen and oxygen atoms in total. The topological polar surface area (TPSA) is 82.2 Å². The molecule has 0 unspecified atom stereocenters. The van der Waals surface area contributed by atoms with Crippen LogP contribution in [-0.4, -0.2) is 22.8 Å². The molecule has 1 amide bonds. The van der Waals surface area contributed by atoms with Crippen molar-refractivity contribution in [3.8, 4) is 11.4 Å². The number of anilines is 2. The number of ether oxygens (including phenoxy) is 1. The minimum Gasteiger partial charge on any atom is -0.495 e. The second-order valence-electron chi connectivity index (χ2n) is 6.04. The first kappa shape index (κ1) is 18.8. The third kappa shape index (κ3) is 3.61. The zero-order valence-corrected chi connectivity index (χ0v) is 16.2. The maximum absolute atomic E-state index is 12.9. The molecule has 0 saturated carbocycles. The van der Waals surface area contributed by atoms with Crippen molar-refractivity contribution in [1.82, 2.24) is 9.78 Å². The van der Waals surface area contributed by atoms with E-state index in [0.29, 0.717) is 33.5 Å². The number of rotatable bonds is 5. The minimum atomic E-state index is -0.356. The number of halogens is 1. The number of amides is 1. The summed E-state index contributed by atoms with van der Waals surface area (Å²) in [5.41, 5.74) is 9.64. The highest BCUT2D eigenvalue weighted by molar-refractivity contribution is 6.30. The summed E-state index contributed by atoms with van der Waals surface area (Å²) in [6.07, 6.45) is 0.831. The van der Waals surface area contributed by atoms with Crippen molar-refractivity contribution in [1.29, 1.82) is 0 Å². The Balaban J connectivity index is 1.99. The highest BCUT2D eigenvalue weighted by Gasteiger charge is 2.22. The number of benzene rings is 2. The normalized spacial score (nSPS) is 10.7. The second-order valence-corrected chi connectivity index (χ2v) is 6.47. The van der Waals surface area contributed by atoms with E-state index in [-0.39, 0.29) is 5.91 Å². The number of aromatic nitrogens is 2. The largest absolute Gasteiger partial charge is 0.495 e. The SMILES string of the molecule is CCc1ccccc1-n1nc(C)c(C(=O)Nc2ccc(Cl)cc2OC)c1N. The predicted molar refractivity (Wildman–Crippen MR) is 108 cm³/mol. The van der Waals surface area contributed by atoms with E-state index in [1.807, 2.05) is 24.3 Å². The van der Waals surface area contributed by atoms with Crippen LogP contribution in [0.2, 0.25) is 5.02 Å². The van der Waals surface area contributed by atoms with Crippen LogP contribution in [-0.2, 0) is 6.42 Å². The quantitative estimate of drug-likeness (QED) is 0.689. The lowest BCUT2D eigenvalue weighted by Crippen LogP contribution is -2.15. The van der Waals surface area contributed by atoms with E-state index in [1.54, 1.807) is 29.8 Å². The van der Waals surface area contributed by atoms with Crippen molar-refractivity contribution in [2.75, 3.05) is 18.2 Å². The molecule has 7 heteroatoms. The first-order valence-corrected chi connectivity index (χ1v) is 8.92. The highest BCUT2D eigenvalue weighted by Crippen LogP contribution is 2.30. The molecular weight excluding hydrogens is 364 g/mol. The lowest BCUT2D eigenvalue weighted by molar-refractivity contribution is 0.102. The third-order valence-corrected chi connectivity index (χ3v) is 4.57. The van der Waals surface area contributed by atoms with E-state index in [0.717, 1.165) is 17.7 Å². The predicted octanol–water partition coefficient (Wildman–Crippen LogP) is 4.24. The number of hydrogen-bond donors (Lipinski definition) is 2. The number of nitrogens with one attached hydrogen (secondary N) is 1. The molecular formula is C20H21ClN4O2. The van der Waals surface area contributed by atoms with Crippen molar-refractivity contribution < 1.29 is 9.53 Å². The van der Waals surface area contributed by atoms with Crippen LogP contribution in [0.3, 0.4) is 0 Å². The number of nitrogen functional groups attached to an aromatic ring is 1. The average Bonchev–Trinajstić information content (AvgIpc) is 2.97. The van der Waals surface area contributed by atoms with Crippen molar-refractivity contribution in [2.45, 2.75) is 20.3 Å². The number of carbonyl (C=O) groups is 1. The van der Waals surface area contributed by atoms with Crippen molar-refractivity contribution in [2.24, 2.45) is 0 Å². The van der Waals surface area contributed by atoms with E-state index in [4.69, 9.17) is 22.1 Å². The summed E-state index contributed by atoms with van der Waals surface area (Å²) in [5.74, 6) is 0.403. The molecule has 3 rings (SSSR count). The molecule has 0 fully saturated rings. The third-order valence-electron chi connectivity index (χ3n) is 4.34. The summed E-state index contributed by atoms with van der Waals surface area (Å²) < 4.78 is 6.89. The Kier molecular flexibility index (Phi) is 5.37. The lowest BCUT2D eigenvalue weighted by Gasteiger charge is -2.11. The first-order chi connectivity index (χ1) is 13.0. The van der Waals surface area contributed by atoms with Crippen LogP contribution < -0.4 is 15.8 Å². The van der Waals surface area contributed by atoms with Gasteiger partial charge in [-0.15, -0.1) is 0 Å². The molecule has 2 aromatic carbocycles. The van der Waals surface area contributed by atoms with Gasteiger partial charge < -0.3 is 15.8 Å². The fourth-order valence-electron chi connectivity index (χ4n) is 2.98. The van der Waals surface area contributed by atoms with E-state index in [9.17, 15) is 4.79 Å². The standard InChI is InChI=1S/C20H21ClN4O2/c1-4-13-7-5-6-8-16(13)25-19(22)18(12(2)24-25)20(26)23-15-10-9-14(21)11-17(15)27-3/h5-11H,4,22H2,1-3H3,(H,23,26). The van der Waals surface area contributed by atoms with Gasteiger partial charge in [-0.1, -0.05) is 36.7 Å².